The predicted molar refractivity (Wildman–Crippen MR) is 58.9 cm³/mol. The Balaban J connectivity index is 2.00. The predicted octanol–water partition coefficient (Wildman–Crippen LogP) is 2.92. The van der Waals surface area contributed by atoms with Crippen LogP contribution in [0, 0.1) is 17.8 Å². The summed E-state index contributed by atoms with van der Waals surface area (Å²) in [5.74, 6) is 2.29. The van der Waals surface area contributed by atoms with Gasteiger partial charge in [0.05, 0.1) is 6.10 Å². The normalized spacial score (nSPS) is 37.9. The molecule has 4 unspecified atom stereocenters. The maximum absolute atomic E-state index is 9.67. The van der Waals surface area contributed by atoms with Crippen LogP contribution in [-0.4, -0.2) is 11.2 Å². The SMILES string of the molecule is CCC(O)C(C)=CC1CC2C=CC1C2. The number of hydrogen-bond donors (Lipinski definition) is 1. The average Bonchev–Trinajstić information content (AvgIpc) is 2.77. The first kappa shape index (κ1) is 9.97. The molecule has 1 nitrogen and oxygen atoms in total. The van der Waals surface area contributed by atoms with Crippen LogP contribution in [0.5, 0.6) is 0 Å². The van der Waals surface area contributed by atoms with Crippen molar-refractivity contribution in [3.63, 3.8) is 0 Å². The molecule has 0 saturated heterocycles. The smallest absolute Gasteiger partial charge is 0.0744 e. The fourth-order valence-electron chi connectivity index (χ4n) is 2.79. The molecule has 1 saturated carbocycles. The molecular weight excluding hydrogens is 172 g/mol. The lowest BCUT2D eigenvalue weighted by Gasteiger charge is -2.17. The van der Waals surface area contributed by atoms with Gasteiger partial charge >= 0.3 is 0 Å². The van der Waals surface area contributed by atoms with Gasteiger partial charge in [0.25, 0.3) is 0 Å². The van der Waals surface area contributed by atoms with Crippen LogP contribution >= 0.6 is 0 Å². The third-order valence-corrected chi connectivity index (χ3v) is 3.72. The van der Waals surface area contributed by atoms with E-state index in [1.807, 2.05) is 6.92 Å². The minimum absolute atomic E-state index is 0.224. The molecule has 1 N–H and O–H groups in total. The van der Waals surface area contributed by atoms with Crippen molar-refractivity contribution in [2.24, 2.45) is 17.8 Å². The zero-order valence-electron chi connectivity index (χ0n) is 9.11. The Bertz CT molecular complexity index is 264. The summed E-state index contributed by atoms with van der Waals surface area (Å²) in [5, 5.41) is 9.67. The van der Waals surface area contributed by atoms with E-state index in [1.165, 1.54) is 18.4 Å². The Morgan fingerprint density at radius 3 is 2.79 bits per heavy atom. The van der Waals surface area contributed by atoms with E-state index in [2.05, 4.69) is 25.2 Å². The van der Waals surface area contributed by atoms with E-state index >= 15 is 0 Å². The molecule has 0 heterocycles. The van der Waals surface area contributed by atoms with Crippen molar-refractivity contribution in [1.29, 1.82) is 0 Å². The van der Waals surface area contributed by atoms with Crippen molar-refractivity contribution in [1.82, 2.24) is 0 Å². The van der Waals surface area contributed by atoms with Gasteiger partial charge in [-0.2, -0.15) is 0 Å². The Morgan fingerprint density at radius 1 is 1.50 bits per heavy atom. The van der Waals surface area contributed by atoms with Crippen LogP contribution in [-0.2, 0) is 0 Å². The minimum Gasteiger partial charge on any atom is -0.389 e. The first-order chi connectivity index (χ1) is 6.70. The molecule has 0 aliphatic heterocycles. The average molecular weight is 192 g/mol. The molecule has 2 rings (SSSR count). The Labute approximate surface area is 86.5 Å². The highest BCUT2D eigenvalue weighted by atomic mass is 16.3. The van der Waals surface area contributed by atoms with E-state index in [0.717, 1.165) is 18.3 Å². The number of allylic oxidation sites excluding steroid dienone is 3. The van der Waals surface area contributed by atoms with E-state index in [9.17, 15) is 5.11 Å². The van der Waals surface area contributed by atoms with Crippen LogP contribution in [0.2, 0.25) is 0 Å². The number of fused-ring (bicyclic) bond motifs is 2. The summed E-state index contributed by atoms with van der Waals surface area (Å²) in [6.45, 7) is 4.09. The lowest BCUT2D eigenvalue weighted by molar-refractivity contribution is 0.205. The molecule has 1 fully saturated rings. The lowest BCUT2D eigenvalue weighted by atomic mass is 9.90. The van der Waals surface area contributed by atoms with Crippen LogP contribution in [0.1, 0.15) is 33.1 Å². The Kier molecular flexibility index (Phi) is 2.78. The van der Waals surface area contributed by atoms with Gasteiger partial charge in [0.1, 0.15) is 0 Å². The number of aliphatic hydroxyl groups excluding tert-OH is 1. The molecule has 0 amide bonds. The summed E-state index contributed by atoms with van der Waals surface area (Å²) in [4.78, 5) is 0. The molecule has 2 bridgehead atoms. The highest BCUT2D eigenvalue weighted by Crippen LogP contribution is 2.44. The quantitative estimate of drug-likeness (QED) is 0.682. The molecule has 1 heteroatoms. The third kappa shape index (κ3) is 1.78. The van der Waals surface area contributed by atoms with E-state index in [0.29, 0.717) is 5.92 Å². The summed E-state index contributed by atoms with van der Waals surface area (Å²) in [6.07, 6.45) is 10.3. The first-order valence-corrected chi connectivity index (χ1v) is 5.75. The monoisotopic (exact) mass is 192 g/mol. The molecule has 0 radical (unpaired) electrons. The van der Waals surface area contributed by atoms with Crippen molar-refractivity contribution in [3.05, 3.63) is 23.8 Å². The maximum Gasteiger partial charge on any atom is 0.0744 e. The van der Waals surface area contributed by atoms with E-state index in [-0.39, 0.29) is 6.10 Å². The van der Waals surface area contributed by atoms with E-state index in [4.69, 9.17) is 0 Å². The van der Waals surface area contributed by atoms with Gasteiger partial charge in [-0.25, -0.2) is 0 Å². The van der Waals surface area contributed by atoms with Crippen LogP contribution in [0.25, 0.3) is 0 Å². The third-order valence-electron chi connectivity index (χ3n) is 3.72. The summed E-state index contributed by atoms with van der Waals surface area (Å²) in [6, 6.07) is 0. The van der Waals surface area contributed by atoms with Gasteiger partial charge < -0.3 is 5.11 Å². The number of hydrogen-bond acceptors (Lipinski definition) is 1. The number of rotatable bonds is 3. The largest absolute Gasteiger partial charge is 0.389 e. The lowest BCUT2D eigenvalue weighted by Crippen LogP contribution is -2.10. The molecule has 2 aliphatic carbocycles. The highest BCUT2D eigenvalue weighted by molar-refractivity contribution is 5.17. The summed E-state index contributed by atoms with van der Waals surface area (Å²) in [7, 11) is 0. The van der Waals surface area contributed by atoms with Crippen molar-refractivity contribution in [3.8, 4) is 0 Å². The molecule has 14 heavy (non-hydrogen) atoms. The van der Waals surface area contributed by atoms with Gasteiger partial charge in [0, 0.05) is 0 Å². The molecule has 0 aromatic heterocycles. The molecule has 4 atom stereocenters. The Hall–Kier alpha value is -0.560. The molecule has 2 aliphatic rings. The highest BCUT2D eigenvalue weighted by Gasteiger charge is 2.34. The number of aliphatic hydroxyl groups is 1. The second-order valence-corrected chi connectivity index (χ2v) is 4.78. The standard InChI is InChI=1S/C13H20O/c1-3-13(14)9(2)6-12-8-10-4-5-11(12)7-10/h4-6,10-14H,3,7-8H2,1-2H3. The van der Waals surface area contributed by atoms with Crippen LogP contribution in [0.3, 0.4) is 0 Å². The zero-order chi connectivity index (χ0) is 10.1. The second kappa shape index (κ2) is 3.90. The van der Waals surface area contributed by atoms with Gasteiger partial charge in [0.15, 0.2) is 0 Å². The maximum atomic E-state index is 9.67. The van der Waals surface area contributed by atoms with Gasteiger partial charge in [-0.15, -0.1) is 0 Å². The topological polar surface area (TPSA) is 20.2 Å². The second-order valence-electron chi connectivity index (χ2n) is 4.78. The van der Waals surface area contributed by atoms with E-state index < -0.39 is 0 Å². The Morgan fingerprint density at radius 2 is 2.29 bits per heavy atom. The van der Waals surface area contributed by atoms with Crippen molar-refractivity contribution in [2.75, 3.05) is 0 Å². The van der Waals surface area contributed by atoms with Crippen molar-refractivity contribution < 1.29 is 5.11 Å². The van der Waals surface area contributed by atoms with Crippen LogP contribution < -0.4 is 0 Å². The van der Waals surface area contributed by atoms with Gasteiger partial charge in [-0.05, 0) is 49.5 Å². The van der Waals surface area contributed by atoms with E-state index in [1.54, 1.807) is 0 Å². The fraction of sp³-hybridized carbons (Fsp3) is 0.692. The minimum atomic E-state index is -0.224. The van der Waals surface area contributed by atoms with Crippen molar-refractivity contribution >= 4 is 0 Å². The van der Waals surface area contributed by atoms with Crippen LogP contribution in [0.4, 0.5) is 0 Å². The summed E-state index contributed by atoms with van der Waals surface area (Å²) in [5.41, 5.74) is 1.17. The molecule has 0 aromatic carbocycles. The fourth-order valence-corrected chi connectivity index (χ4v) is 2.79. The van der Waals surface area contributed by atoms with Gasteiger partial charge in [-0.1, -0.05) is 25.2 Å². The zero-order valence-corrected chi connectivity index (χ0v) is 9.11. The summed E-state index contributed by atoms with van der Waals surface area (Å²) >= 11 is 0. The molecule has 0 aromatic rings. The van der Waals surface area contributed by atoms with Crippen molar-refractivity contribution in [2.45, 2.75) is 39.2 Å². The molecular formula is C13H20O. The first-order valence-electron chi connectivity index (χ1n) is 5.75. The molecule has 78 valence electrons. The van der Waals surface area contributed by atoms with Crippen LogP contribution in [0.15, 0.2) is 23.8 Å². The molecule has 0 spiro atoms. The summed E-state index contributed by atoms with van der Waals surface area (Å²) < 4.78 is 0. The van der Waals surface area contributed by atoms with Gasteiger partial charge in [-0.3, -0.25) is 0 Å². The van der Waals surface area contributed by atoms with Gasteiger partial charge in [0.2, 0.25) is 0 Å².